The molecule has 0 N–H and O–H groups in total. The number of hydrogen-bond donors (Lipinski definition) is 0. The first kappa shape index (κ1) is 18.6. The third-order valence-corrected chi connectivity index (χ3v) is 5.21. The summed E-state index contributed by atoms with van der Waals surface area (Å²) >= 11 is 0. The molecule has 5 heteroatoms. The van der Waals surface area contributed by atoms with E-state index in [1.807, 2.05) is 23.1 Å². The van der Waals surface area contributed by atoms with Gasteiger partial charge in [0.1, 0.15) is 0 Å². The maximum Gasteiger partial charge on any atom is 0.254 e. The molecule has 0 radical (unpaired) electrons. The lowest BCUT2D eigenvalue weighted by Gasteiger charge is -2.34. The number of benzene rings is 1. The van der Waals surface area contributed by atoms with Crippen LogP contribution in [-0.2, 0) is 16.0 Å². The van der Waals surface area contributed by atoms with Crippen LogP contribution in [-0.4, -0.2) is 49.1 Å². The van der Waals surface area contributed by atoms with E-state index in [0.29, 0.717) is 6.54 Å². The fraction of sp³-hybridized carbons (Fsp3) is 0.524. The zero-order valence-corrected chi connectivity index (χ0v) is 15.6. The quantitative estimate of drug-likeness (QED) is 0.762. The van der Waals surface area contributed by atoms with E-state index >= 15 is 0 Å². The van der Waals surface area contributed by atoms with Crippen LogP contribution < -0.4 is 4.90 Å². The van der Waals surface area contributed by atoms with Gasteiger partial charge in [-0.2, -0.15) is 0 Å². The predicted octanol–water partition coefficient (Wildman–Crippen LogP) is 3.18. The van der Waals surface area contributed by atoms with Gasteiger partial charge in [0.25, 0.3) is 5.91 Å². The van der Waals surface area contributed by atoms with Crippen molar-refractivity contribution in [3.8, 4) is 0 Å². The molecule has 3 rings (SSSR count). The summed E-state index contributed by atoms with van der Waals surface area (Å²) in [6, 6.07) is 5.69. The van der Waals surface area contributed by atoms with Crippen molar-refractivity contribution in [3.05, 3.63) is 42.0 Å². The molecule has 1 saturated heterocycles. The number of amides is 2. The van der Waals surface area contributed by atoms with Gasteiger partial charge in [-0.25, -0.2) is 0 Å². The molecule has 0 bridgehead atoms. The topological polar surface area (TPSA) is 49.9 Å². The highest BCUT2D eigenvalue weighted by Gasteiger charge is 2.29. The van der Waals surface area contributed by atoms with Gasteiger partial charge in [-0.3, -0.25) is 9.59 Å². The molecule has 2 aliphatic heterocycles. The first-order chi connectivity index (χ1) is 12.7. The van der Waals surface area contributed by atoms with Crippen LogP contribution in [0.1, 0.15) is 48.5 Å². The minimum Gasteiger partial charge on any atom is -0.378 e. The number of carbonyl (C=O) groups excluding carboxylic acids is 2. The lowest BCUT2D eigenvalue weighted by atomic mass is 9.94. The molecule has 1 aromatic rings. The monoisotopic (exact) mass is 356 g/mol. The smallest absolute Gasteiger partial charge is 0.254 e. The standard InChI is InChI=1S/C21H28N2O3/c1-3-15-26-16-10-13-22(14-11-16)21(25)18-7-5-9-19-17(18)8-6-12-23(19)20(24)4-2/h4-5,7,9,16H,2-3,6,8,10-15H2,1H3. The number of rotatable bonds is 5. The molecule has 0 unspecified atom stereocenters. The van der Waals surface area contributed by atoms with Gasteiger partial charge in [-0.1, -0.05) is 19.6 Å². The summed E-state index contributed by atoms with van der Waals surface area (Å²) in [5.74, 6) is -0.0341. The molecule has 5 nitrogen and oxygen atoms in total. The van der Waals surface area contributed by atoms with Crippen molar-refractivity contribution in [2.75, 3.05) is 31.1 Å². The predicted molar refractivity (Wildman–Crippen MR) is 102 cm³/mol. The van der Waals surface area contributed by atoms with E-state index in [-0.39, 0.29) is 17.9 Å². The van der Waals surface area contributed by atoms with E-state index in [0.717, 1.165) is 68.6 Å². The van der Waals surface area contributed by atoms with Crippen LogP contribution in [0.3, 0.4) is 0 Å². The van der Waals surface area contributed by atoms with Crippen molar-refractivity contribution in [1.29, 1.82) is 0 Å². The summed E-state index contributed by atoms with van der Waals surface area (Å²) < 4.78 is 5.82. The molecule has 2 heterocycles. The van der Waals surface area contributed by atoms with Crippen molar-refractivity contribution < 1.29 is 14.3 Å². The highest BCUT2D eigenvalue weighted by atomic mass is 16.5. The van der Waals surface area contributed by atoms with Crippen LogP contribution in [0.4, 0.5) is 5.69 Å². The van der Waals surface area contributed by atoms with E-state index in [9.17, 15) is 9.59 Å². The number of hydrogen-bond acceptors (Lipinski definition) is 3. The van der Waals surface area contributed by atoms with Crippen LogP contribution in [0, 0.1) is 0 Å². The molecule has 1 aromatic carbocycles. The number of likely N-dealkylation sites (tertiary alicyclic amines) is 1. The molecular weight excluding hydrogens is 328 g/mol. The molecule has 2 aliphatic rings. The average molecular weight is 356 g/mol. The zero-order chi connectivity index (χ0) is 18.5. The second kappa shape index (κ2) is 8.49. The van der Waals surface area contributed by atoms with Crippen molar-refractivity contribution in [2.24, 2.45) is 0 Å². The second-order valence-electron chi connectivity index (χ2n) is 6.96. The Morgan fingerprint density at radius 2 is 2.04 bits per heavy atom. The number of nitrogens with zero attached hydrogens (tertiary/aromatic N) is 2. The molecular formula is C21H28N2O3. The fourth-order valence-corrected chi connectivity index (χ4v) is 3.84. The number of fused-ring (bicyclic) bond motifs is 1. The third-order valence-electron chi connectivity index (χ3n) is 5.21. The van der Waals surface area contributed by atoms with Gasteiger partial charge in [0.2, 0.25) is 5.91 Å². The molecule has 140 valence electrons. The highest BCUT2D eigenvalue weighted by molar-refractivity contribution is 6.04. The van der Waals surface area contributed by atoms with E-state index in [2.05, 4.69) is 13.5 Å². The van der Waals surface area contributed by atoms with Crippen molar-refractivity contribution >= 4 is 17.5 Å². The summed E-state index contributed by atoms with van der Waals surface area (Å²) in [5, 5.41) is 0. The molecule has 26 heavy (non-hydrogen) atoms. The normalized spacial score (nSPS) is 17.7. The highest BCUT2D eigenvalue weighted by Crippen LogP contribution is 2.31. The second-order valence-corrected chi connectivity index (χ2v) is 6.96. The van der Waals surface area contributed by atoms with Crippen LogP contribution in [0.15, 0.2) is 30.9 Å². The Hall–Kier alpha value is -2.14. The summed E-state index contributed by atoms with van der Waals surface area (Å²) in [6.07, 6.45) is 6.10. The van der Waals surface area contributed by atoms with Crippen molar-refractivity contribution in [2.45, 2.75) is 45.1 Å². The van der Waals surface area contributed by atoms with Crippen molar-refractivity contribution in [1.82, 2.24) is 4.90 Å². The van der Waals surface area contributed by atoms with Gasteiger partial charge >= 0.3 is 0 Å². The minimum atomic E-state index is -0.107. The largest absolute Gasteiger partial charge is 0.378 e. The first-order valence-corrected chi connectivity index (χ1v) is 9.62. The van der Waals surface area contributed by atoms with Gasteiger partial charge < -0.3 is 14.5 Å². The lowest BCUT2D eigenvalue weighted by molar-refractivity contribution is -0.114. The molecule has 0 aromatic heterocycles. The summed E-state index contributed by atoms with van der Waals surface area (Å²) in [4.78, 5) is 28.9. The Morgan fingerprint density at radius 1 is 1.27 bits per heavy atom. The number of piperidine rings is 1. The van der Waals surface area contributed by atoms with Gasteiger partial charge in [0.15, 0.2) is 0 Å². The van der Waals surface area contributed by atoms with E-state index in [1.54, 1.807) is 4.90 Å². The van der Waals surface area contributed by atoms with Gasteiger partial charge in [-0.05, 0) is 55.9 Å². The number of ether oxygens (including phenoxy) is 1. The third kappa shape index (κ3) is 3.83. The van der Waals surface area contributed by atoms with Crippen LogP contribution in [0.25, 0.3) is 0 Å². The van der Waals surface area contributed by atoms with Crippen LogP contribution in [0.5, 0.6) is 0 Å². The Labute approximate surface area is 155 Å². The number of carbonyl (C=O) groups is 2. The Morgan fingerprint density at radius 3 is 2.73 bits per heavy atom. The molecule has 0 saturated carbocycles. The Balaban J connectivity index is 1.75. The molecule has 0 aliphatic carbocycles. The average Bonchev–Trinajstić information content (AvgIpc) is 2.70. The maximum atomic E-state index is 13.1. The molecule has 1 fully saturated rings. The van der Waals surface area contributed by atoms with E-state index in [4.69, 9.17) is 4.74 Å². The zero-order valence-electron chi connectivity index (χ0n) is 15.6. The summed E-state index contributed by atoms with van der Waals surface area (Å²) in [5.41, 5.74) is 2.58. The fourth-order valence-electron chi connectivity index (χ4n) is 3.84. The van der Waals surface area contributed by atoms with E-state index < -0.39 is 0 Å². The Bertz CT molecular complexity index is 678. The van der Waals surface area contributed by atoms with Crippen LogP contribution in [0.2, 0.25) is 0 Å². The van der Waals surface area contributed by atoms with Gasteiger partial charge in [0, 0.05) is 37.5 Å². The molecule has 2 amide bonds. The van der Waals surface area contributed by atoms with Gasteiger partial charge in [-0.15, -0.1) is 0 Å². The molecule has 0 spiro atoms. The molecule has 0 atom stereocenters. The minimum absolute atomic E-state index is 0.0729. The SMILES string of the molecule is C=CC(=O)N1CCCc2c(C(=O)N3CCC(OCCC)CC3)cccc21. The number of anilines is 1. The summed E-state index contributed by atoms with van der Waals surface area (Å²) in [6.45, 7) is 8.62. The van der Waals surface area contributed by atoms with Gasteiger partial charge in [0.05, 0.1) is 6.10 Å². The van der Waals surface area contributed by atoms with Crippen LogP contribution >= 0.6 is 0 Å². The summed E-state index contributed by atoms with van der Waals surface area (Å²) in [7, 11) is 0. The lowest BCUT2D eigenvalue weighted by Crippen LogP contribution is -2.42. The van der Waals surface area contributed by atoms with E-state index in [1.165, 1.54) is 6.08 Å². The van der Waals surface area contributed by atoms with Crippen molar-refractivity contribution in [3.63, 3.8) is 0 Å². The maximum absolute atomic E-state index is 13.1. The Kier molecular flexibility index (Phi) is 6.09. The first-order valence-electron chi connectivity index (χ1n) is 9.62.